The van der Waals surface area contributed by atoms with Crippen molar-refractivity contribution in [3.63, 3.8) is 0 Å². The number of carbonyl (C=O) groups excluding carboxylic acids is 2. The van der Waals surface area contributed by atoms with E-state index in [2.05, 4.69) is 10.6 Å². The molecule has 0 aromatic carbocycles. The molecule has 1 saturated carbocycles. The normalized spacial score (nSPS) is 17.2. The molecule has 0 radical (unpaired) electrons. The van der Waals surface area contributed by atoms with Gasteiger partial charge < -0.3 is 15.7 Å². The van der Waals surface area contributed by atoms with Crippen LogP contribution in [0.4, 0.5) is 0 Å². The first-order chi connectivity index (χ1) is 9.06. The Morgan fingerprint density at radius 1 is 1.11 bits per heavy atom. The molecule has 5 nitrogen and oxygen atoms in total. The number of aliphatic hydroxyl groups is 1. The predicted octanol–water partition coefficient (Wildman–Crippen LogP) is 1.10. The fraction of sp³-hybridized carbons (Fsp3) is 0.857. The van der Waals surface area contributed by atoms with Crippen LogP contribution in [0.3, 0.4) is 0 Å². The molecule has 0 heterocycles. The number of rotatable bonds is 8. The van der Waals surface area contributed by atoms with Gasteiger partial charge >= 0.3 is 0 Å². The van der Waals surface area contributed by atoms with Gasteiger partial charge in [0, 0.05) is 25.9 Å². The molecular weight excluding hydrogens is 244 g/mol. The van der Waals surface area contributed by atoms with Crippen molar-refractivity contribution in [3.8, 4) is 0 Å². The molecule has 0 saturated heterocycles. The lowest BCUT2D eigenvalue weighted by atomic mass is 10.0. The Hall–Kier alpha value is -1.10. The molecule has 0 atom stereocenters. The fourth-order valence-electron chi connectivity index (χ4n) is 2.32. The summed E-state index contributed by atoms with van der Waals surface area (Å²) in [5.41, 5.74) is -0.700. The van der Waals surface area contributed by atoms with E-state index in [4.69, 9.17) is 0 Å². The summed E-state index contributed by atoms with van der Waals surface area (Å²) in [4.78, 5) is 22.9. The highest BCUT2D eigenvalue weighted by Gasteiger charge is 2.31. The van der Waals surface area contributed by atoms with Gasteiger partial charge in [0.2, 0.25) is 11.8 Å². The van der Waals surface area contributed by atoms with Crippen molar-refractivity contribution < 1.29 is 14.7 Å². The number of nitrogens with one attached hydrogen (secondary N) is 2. The third kappa shape index (κ3) is 6.57. The van der Waals surface area contributed by atoms with Gasteiger partial charge in [-0.1, -0.05) is 19.8 Å². The summed E-state index contributed by atoms with van der Waals surface area (Å²) in [5.74, 6) is -0.0762. The highest BCUT2D eigenvalue weighted by Crippen LogP contribution is 2.28. The first-order valence-electron chi connectivity index (χ1n) is 7.31. The Bertz CT molecular complexity index is 299. The van der Waals surface area contributed by atoms with Gasteiger partial charge in [0.25, 0.3) is 0 Å². The van der Waals surface area contributed by atoms with Gasteiger partial charge in [0.15, 0.2) is 0 Å². The van der Waals surface area contributed by atoms with Crippen molar-refractivity contribution in [1.29, 1.82) is 0 Å². The number of amides is 2. The topological polar surface area (TPSA) is 78.4 Å². The van der Waals surface area contributed by atoms with E-state index >= 15 is 0 Å². The van der Waals surface area contributed by atoms with Gasteiger partial charge in [0.05, 0.1) is 5.60 Å². The van der Waals surface area contributed by atoms with Crippen molar-refractivity contribution in [3.05, 3.63) is 0 Å². The summed E-state index contributed by atoms with van der Waals surface area (Å²) >= 11 is 0. The first kappa shape index (κ1) is 16.0. The molecule has 1 rings (SSSR count). The van der Waals surface area contributed by atoms with E-state index in [-0.39, 0.29) is 11.8 Å². The maximum atomic E-state index is 11.6. The molecule has 1 aliphatic rings. The molecule has 0 bridgehead atoms. The van der Waals surface area contributed by atoms with E-state index in [1.165, 1.54) is 0 Å². The SMILES string of the molecule is CCCNC(=O)CCCC(=O)NCC1(O)CCCC1. The average Bonchev–Trinajstić information content (AvgIpc) is 2.81. The van der Waals surface area contributed by atoms with E-state index in [0.29, 0.717) is 32.4 Å². The highest BCUT2D eigenvalue weighted by molar-refractivity contribution is 5.78. The summed E-state index contributed by atoms with van der Waals surface area (Å²) in [7, 11) is 0. The molecule has 0 unspecified atom stereocenters. The molecule has 0 spiro atoms. The maximum absolute atomic E-state index is 11.6. The Labute approximate surface area is 115 Å². The van der Waals surface area contributed by atoms with Gasteiger partial charge in [-0.25, -0.2) is 0 Å². The number of carbonyl (C=O) groups is 2. The molecule has 5 heteroatoms. The minimum absolute atomic E-state index is 0.00377. The van der Waals surface area contributed by atoms with E-state index < -0.39 is 5.60 Å². The van der Waals surface area contributed by atoms with E-state index in [1.807, 2.05) is 6.92 Å². The van der Waals surface area contributed by atoms with Crippen LogP contribution in [0, 0.1) is 0 Å². The molecule has 3 N–H and O–H groups in total. The summed E-state index contributed by atoms with van der Waals surface area (Å²) in [6.45, 7) is 3.04. The lowest BCUT2D eigenvalue weighted by Crippen LogP contribution is -2.40. The lowest BCUT2D eigenvalue weighted by Gasteiger charge is -2.22. The smallest absolute Gasteiger partial charge is 0.220 e. The largest absolute Gasteiger partial charge is 0.388 e. The first-order valence-corrected chi connectivity index (χ1v) is 7.31. The van der Waals surface area contributed by atoms with Crippen LogP contribution in [-0.4, -0.2) is 35.6 Å². The number of hydrogen-bond donors (Lipinski definition) is 3. The Morgan fingerprint density at radius 3 is 2.26 bits per heavy atom. The molecule has 19 heavy (non-hydrogen) atoms. The minimum atomic E-state index is -0.700. The van der Waals surface area contributed by atoms with Gasteiger partial charge in [-0.05, 0) is 25.7 Å². The minimum Gasteiger partial charge on any atom is -0.388 e. The summed E-state index contributed by atoms with van der Waals surface area (Å²) in [6, 6.07) is 0. The van der Waals surface area contributed by atoms with Crippen molar-refractivity contribution >= 4 is 11.8 Å². The van der Waals surface area contributed by atoms with Crippen LogP contribution in [0.2, 0.25) is 0 Å². The van der Waals surface area contributed by atoms with Gasteiger partial charge in [0.1, 0.15) is 0 Å². The number of hydrogen-bond acceptors (Lipinski definition) is 3. The second kappa shape index (κ2) is 8.15. The molecule has 0 aliphatic heterocycles. The van der Waals surface area contributed by atoms with Crippen LogP contribution >= 0.6 is 0 Å². The van der Waals surface area contributed by atoms with Crippen LogP contribution in [0.1, 0.15) is 58.3 Å². The molecule has 110 valence electrons. The monoisotopic (exact) mass is 270 g/mol. The summed E-state index contributed by atoms with van der Waals surface area (Å²) in [5, 5.41) is 15.6. The zero-order valence-corrected chi connectivity index (χ0v) is 11.8. The quantitative estimate of drug-likeness (QED) is 0.618. The van der Waals surface area contributed by atoms with Gasteiger partial charge in [-0.2, -0.15) is 0 Å². The summed E-state index contributed by atoms with van der Waals surface area (Å²) in [6.07, 6.45) is 5.81. The van der Waals surface area contributed by atoms with Crippen molar-refractivity contribution in [2.75, 3.05) is 13.1 Å². The average molecular weight is 270 g/mol. The van der Waals surface area contributed by atoms with Crippen molar-refractivity contribution in [2.45, 2.75) is 63.9 Å². The zero-order valence-electron chi connectivity index (χ0n) is 11.8. The lowest BCUT2D eigenvalue weighted by molar-refractivity contribution is -0.123. The Balaban J connectivity index is 2.06. The molecular formula is C14H26N2O3. The predicted molar refractivity (Wildman–Crippen MR) is 73.6 cm³/mol. The van der Waals surface area contributed by atoms with Gasteiger partial charge in [-0.15, -0.1) is 0 Å². The molecule has 1 fully saturated rings. The van der Waals surface area contributed by atoms with Crippen LogP contribution in [0.25, 0.3) is 0 Å². The molecule has 2 amide bonds. The fourth-order valence-corrected chi connectivity index (χ4v) is 2.32. The second-order valence-electron chi connectivity index (χ2n) is 5.41. The third-order valence-electron chi connectivity index (χ3n) is 3.53. The summed E-state index contributed by atoms with van der Waals surface area (Å²) < 4.78 is 0. The van der Waals surface area contributed by atoms with Crippen molar-refractivity contribution in [2.24, 2.45) is 0 Å². The zero-order chi connectivity index (χ0) is 14.1. The Kier molecular flexibility index (Phi) is 6.84. The van der Waals surface area contributed by atoms with Gasteiger partial charge in [-0.3, -0.25) is 9.59 Å². The van der Waals surface area contributed by atoms with Crippen LogP contribution in [-0.2, 0) is 9.59 Å². The second-order valence-corrected chi connectivity index (χ2v) is 5.41. The van der Waals surface area contributed by atoms with E-state index in [0.717, 1.165) is 32.1 Å². The van der Waals surface area contributed by atoms with E-state index in [1.54, 1.807) is 0 Å². The molecule has 0 aromatic heterocycles. The molecule has 1 aliphatic carbocycles. The third-order valence-corrected chi connectivity index (χ3v) is 3.53. The Morgan fingerprint density at radius 2 is 1.68 bits per heavy atom. The van der Waals surface area contributed by atoms with Crippen molar-refractivity contribution in [1.82, 2.24) is 10.6 Å². The van der Waals surface area contributed by atoms with Crippen LogP contribution < -0.4 is 10.6 Å². The van der Waals surface area contributed by atoms with Crippen LogP contribution in [0.5, 0.6) is 0 Å². The van der Waals surface area contributed by atoms with E-state index in [9.17, 15) is 14.7 Å². The van der Waals surface area contributed by atoms with Crippen LogP contribution in [0.15, 0.2) is 0 Å². The highest BCUT2D eigenvalue weighted by atomic mass is 16.3. The molecule has 0 aromatic rings. The standard InChI is InChI=1S/C14H26N2O3/c1-2-10-15-12(17)6-5-7-13(18)16-11-14(19)8-3-4-9-14/h19H,2-11H2,1H3,(H,15,17)(H,16,18). The maximum Gasteiger partial charge on any atom is 0.220 e.